The molecule has 0 bridgehead atoms. The van der Waals surface area contributed by atoms with Gasteiger partial charge in [0.2, 0.25) is 0 Å². The first-order chi connectivity index (χ1) is 9.99. The molecule has 2 aromatic carbocycles. The normalized spacial score (nSPS) is 12.7. The molecular weight excluding hydrogens is 305 g/mol. The molecule has 0 amide bonds. The molecule has 4 heteroatoms. The predicted octanol–water partition coefficient (Wildman–Crippen LogP) is 4.47. The van der Waals surface area contributed by atoms with E-state index in [0.717, 1.165) is 17.7 Å². The first-order valence-corrected chi connectivity index (χ1v) is 7.59. The van der Waals surface area contributed by atoms with Crippen molar-refractivity contribution >= 4 is 23.2 Å². The Morgan fingerprint density at radius 1 is 1.10 bits per heavy atom. The Labute approximate surface area is 135 Å². The van der Waals surface area contributed by atoms with Crippen molar-refractivity contribution < 1.29 is 5.11 Å². The molecule has 0 spiro atoms. The molecule has 112 valence electrons. The van der Waals surface area contributed by atoms with Gasteiger partial charge in [-0.25, -0.2) is 0 Å². The molecular formula is C17H19Cl2NO. The minimum Gasteiger partial charge on any atom is -0.387 e. The van der Waals surface area contributed by atoms with E-state index >= 15 is 0 Å². The van der Waals surface area contributed by atoms with Gasteiger partial charge < -0.3 is 5.11 Å². The first kappa shape index (κ1) is 16.3. The van der Waals surface area contributed by atoms with Crippen LogP contribution in [0.4, 0.5) is 0 Å². The topological polar surface area (TPSA) is 23.5 Å². The highest BCUT2D eigenvalue weighted by Crippen LogP contribution is 2.31. The minimum absolute atomic E-state index is 0.510. The Bertz CT molecular complexity index is 601. The van der Waals surface area contributed by atoms with Crippen molar-refractivity contribution in [1.82, 2.24) is 4.90 Å². The number of hydrogen-bond donors (Lipinski definition) is 1. The molecule has 0 saturated carbocycles. The molecule has 0 heterocycles. The van der Waals surface area contributed by atoms with Gasteiger partial charge in [0, 0.05) is 23.7 Å². The summed E-state index contributed by atoms with van der Waals surface area (Å²) in [7, 11) is 1.98. The number of halogens is 2. The smallest absolute Gasteiger partial charge is 0.0931 e. The van der Waals surface area contributed by atoms with Crippen molar-refractivity contribution in [1.29, 1.82) is 0 Å². The molecule has 21 heavy (non-hydrogen) atoms. The summed E-state index contributed by atoms with van der Waals surface area (Å²) >= 11 is 12.3. The third-order valence-electron chi connectivity index (χ3n) is 3.49. The molecule has 0 fully saturated rings. The van der Waals surface area contributed by atoms with Gasteiger partial charge in [-0.1, -0.05) is 59.6 Å². The zero-order chi connectivity index (χ0) is 15.4. The molecule has 2 rings (SSSR count). The van der Waals surface area contributed by atoms with E-state index in [4.69, 9.17) is 23.2 Å². The Kier molecular flexibility index (Phi) is 5.65. The summed E-state index contributed by atoms with van der Waals surface area (Å²) in [5, 5.41) is 11.6. The van der Waals surface area contributed by atoms with Crippen molar-refractivity contribution in [3.63, 3.8) is 0 Å². The highest BCUT2D eigenvalue weighted by molar-refractivity contribution is 6.36. The van der Waals surface area contributed by atoms with E-state index in [0.29, 0.717) is 16.6 Å². The predicted molar refractivity (Wildman–Crippen MR) is 88.9 cm³/mol. The van der Waals surface area contributed by atoms with Crippen LogP contribution in [0.15, 0.2) is 42.5 Å². The number of hydrogen-bond acceptors (Lipinski definition) is 2. The molecule has 2 nitrogen and oxygen atoms in total. The Hall–Kier alpha value is -1.06. The summed E-state index contributed by atoms with van der Waals surface area (Å²) in [4.78, 5) is 2.07. The number of rotatable bonds is 5. The van der Waals surface area contributed by atoms with Gasteiger partial charge in [0.25, 0.3) is 0 Å². The summed E-state index contributed by atoms with van der Waals surface area (Å²) in [6.07, 6.45) is -0.637. The van der Waals surface area contributed by atoms with Crippen LogP contribution in [0.25, 0.3) is 0 Å². The van der Waals surface area contributed by atoms with Crippen molar-refractivity contribution in [2.75, 3.05) is 13.6 Å². The van der Waals surface area contributed by atoms with Crippen LogP contribution in [-0.2, 0) is 6.54 Å². The van der Waals surface area contributed by atoms with Gasteiger partial charge in [0.1, 0.15) is 0 Å². The van der Waals surface area contributed by atoms with Crippen LogP contribution in [0, 0.1) is 6.92 Å². The lowest BCUT2D eigenvalue weighted by Gasteiger charge is -2.22. The monoisotopic (exact) mass is 323 g/mol. The fourth-order valence-corrected chi connectivity index (χ4v) is 2.79. The SMILES string of the molecule is Cc1c(Cl)ccc(C(O)CN(C)Cc2ccccc2)c1Cl. The van der Waals surface area contributed by atoms with Crippen LogP contribution in [0.3, 0.4) is 0 Å². The maximum absolute atomic E-state index is 10.4. The summed E-state index contributed by atoms with van der Waals surface area (Å²) in [6, 6.07) is 13.7. The third kappa shape index (κ3) is 4.21. The van der Waals surface area contributed by atoms with E-state index in [1.807, 2.05) is 32.2 Å². The van der Waals surface area contributed by atoms with Crippen LogP contribution in [0.5, 0.6) is 0 Å². The van der Waals surface area contributed by atoms with Gasteiger partial charge in [-0.15, -0.1) is 0 Å². The molecule has 0 aromatic heterocycles. The molecule has 0 aliphatic rings. The Morgan fingerprint density at radius 2 is 1.76 bits per heavy atom. The quantitative estimate of drug-likeness (QED) is 0.877. The van der Waals surface area contributed by atoms with Gasteiger partial charge >= 0.3 is 0 Å². The first-order valence-electron chi connectivity index (χ1n) is 6.84. The second-order valence-electron chi connectivity index (χ2n) is 5.27. The standard InChI is InChI=1S/C17H19Cl2NO/c1-12-15(18)9-8-14(17(12)19)16(21)11-20(2)10-13-6-4-3-5-7-13/h3-9,16,21H,10-11H2,1-2H3. The Morgan fingerprint density at radius 3 is 2.43 bits per heavy atom. The largest absolute Gasteiger partial charge is 0.387 e. The summed E-state index contributed by atoms with van der Waals surface area (Å²) in [5.41, 5.74) is 2.74. The van der Waals surface area contributed by atoms with E-state index < -0.39 is 6.10 Å². The fraction of sp³-hybridized carbons (Fsp3) is 0.294. The van der Waals surface area contributed by atoms with Crippen molar-refractivity contribution in [3.05, 3.63) is 69.2 Å². The van der Waals surface area contributed by atoms with Gasteiger partial charge in [0.15, 0.2) is 0 Å². The molecule has 1 atom stereocenters. The lowest BCUT2D eigenvalue weighted by atomic mass is 10.1. The van der Waals surface area contributed by atoms with Crippen LogP contribution in [-0.4, -0.2) is 23.6 Å². The van der Waals surface area contributed by atoms with Crippen molar-refractivity contribution in [2.45, 2.75) is 19.6 Å². The maximum Gasteiger partial charge on any atom is 0.0931 e. The number of nitrogens with zero attached hydrogens (tertiary/aromatic N) is 1. The average Bonchev–Trinajstić information content (AvgIpc) is 2.45. The minimum atomic E-state index is -0.637. The van der Waals surface area contributed by atoms with Crippen molar-refractivity contribution in [3.8, 4) is 0 Å². The molecule has 0 aliphatic heterocycles. The van der Waals surface area contributed by atoms with Crippen LogP contribution < -0.4 is 0 Å². The van der Waals surface area contributed by atoms with Gasteiger partial charge in [-0.3, -0.25) is 4.90 Å². The number of likely N-dealkylation sites (N-methyl/N-ethyl adjacent to an activating group) is 1. The fourth-order valence-electron chi connectivity index (χ4n) is 2.29. The number of aliphatic hydroxyl groups is 1. The second-order valence-corrected chi connectivity index (χ2v) is 6.06. The Balaban J connectivity index is 2.04. The van der Waals surface area contributed by atoms with Crippen LogP contribution in [0.1, 0.15) is 22.8 Å². The molecule has 0 saturated heterocycles. The van der Waals surface area contributed by atoms with E-state index in [9.17, 15) is 5.11 Å². The lowest BCUT2D eigenvalue weighted by Crippen LogP contribution is -2.24. The van der Waals surface area contributed by atoms with Gasteiger partial charge in [-0.2, -0.15) is 0 Å². The molecule has 1 unspecified atom stereocenters. The molecule has 0 radical (unpaired) electrons. The van der Waals surface area contributed by atoms with E-state index in [1.54, 1.807) is 12.1 Å². The highest BCUT2D eigenvalue weighted by atomic mass is 35.5. The number of aliphatic hydroxyl groups excluding tert-OH is 1. The molecule has 0 aliphatic carbocycles. The van der Waals surface area contributed by atoms with Gasteiger partial charge in [-0.05, 0) is 31.2 Å². The van der Waals surface area contributed by atoms with Crippen molar-refractivity contribution in [2.24, 2.45) is 0 Å². The highest BCUT2D eigenvalue weighted by Gasteiger charge is 2.16. The zero-order valence-electron chi connectivity index (χ0n) is 12.2. The molecule has 2 aromatic rings. The zero-order valence-corrected chi connectivity index (χ0v) is 13.7. The van der Waals surface area contributed by atoms with Gasteiger partial charge in [0.05, 0.1) is 11.1 Å². The average molecular weight is 324 g/mol. The lowest BCUT2D eigenvalue weighted by molar-refractivity contribution is 0.124. The summed E-state index contributed by atoms with van der Waals surface area (Å²) in [6.45, 7) is 3.15. The van der Waals surface area contributed by atoms with E-state index in [1.165, 1.54) is 5.56 Å². The summed E-state index contributed by atoms with van der Waals surface area (Å²) in [5.74, 6) is 0. The van der Waals surface area contributed by atoms with E-state index in [-0.39, 0.29) is 0 Å². The third-order valence-corrected chi connectivity index (χ3v) is 4.40. The molecule has 1 N–H and O–H groups in total. The number of benzene rings is 2. The second kappa shape index (κ2) is 7.28. The maximum atomic E-state index is 10.4. The summed E-state index contributed by atoms with van der Waals surface area (Å²) < 4.78 is 0. The van der Waals surface area contributed by atoms with E-state index in [2.05, 4.69) is 17.0 Å². The van der Waals surface area contributed by atoms with Crippen LogP contribution >= 0.6 is 23.2 Å². The van der Waals surface area contributed by atoms with Crippen LogP contribution in [0.2, 0.25) is 10.0 Å².